The predicted molar refractivity (Wildman–Crippen MR) is 74.2 cm³/mol. The van der Waals surface area contributed by atoms with Gasteiger partial charge < -0.3 is 15.5 Å². The van der Waals surface area contributed by atoms with Gasteiger partial charge >= 0.3 is 5.97 Å². The number of carboxylic acid groups (broad SMARTS) is 1. The normalized spacial score (nSPS) is 13.6. The van der Waals surface area contributed by atoms with Gasteiger partial charge in [-0.25, -0.2) is 4.79 Å². The molecule has 0 fully saturated rings. The Morgan fingerprint density at radius 3 is 2.53 bits per heavy atom. The largest absolute Gasteiger partial charge is 0.507 e. The lowest BCUT2D eigenvalue weighted by Gasteiger charge is -2.25. The molecule has 0 heterocycles. The lowest BCUT2D eigenvalue weighted by Crippen LogP contribution is -2.52. The van der Waals surface area contributed by atoms with Gasteiger partial charge in [0, 0.05) is 5.56 Å². The molecule has 0 aromatic heterocycles. The zero-order chi connectivity index (χ0) is 14.6. The molecule has 0 bridgehead atoms. The highest BCUT2D eigenvalue weighted by atomic mass is 79.9. The van der Waals surface area contributed by atoms with Crippen molar-refractivity contribution in [3.8, 4) is 5.75 Å². The van der Waals surface area contributed by atoms with Crippen molar-refractivity contribution in [1.29, 1.82) is 0 Å². The molecule has 0 aliphatic carbocycles. The highest BCUT2D eigenvalue weighted by Gasteiger charge is 2.34. The lowest BCUT2D eigenvalue weighted by atomic mass is 9.95. The van der Waals surface area contributed by atoms with E-state index in [9.17, 15) is 19.8 Å². The van der Waals surface area contributed by atoms with Crippen LogP contribution in [0.2, 0.25) is 0 Å². The number of carbonyl (C=O) groups is 2. The molecule has 0 saturated heterocycles. The molecule has 1 amide bonds. The van der Waals surface area contributed by atoms with Crippen molar-refractivity contribution in [2.75, 3.05) is 0 Å². The first-order chi connectivity index (χ1) is 8.80. The molecule has 5 nitrogen and oxygen atoms in total. The smallest absolute Gasteiger partial charge is 0.329 e. The third kappa shape index (κ3) is 3.70. The van der Waals surface area contributed by atoms with Gasteiger partial charge in [0.2, 0.25) is 0 Å². The maximum Gasteiger partial charge on any atom is 0.329 e. The SMILES string of the molecule is CCCC(C)(NC(=O)c1ccc(Br)c(O)c1)C(=O)O. The number of halogens is 1. The van der Waals surface area contributed by atoms with Gasteiger partial charge in [-0.1, -0.05) is 13.3 Å². The van der Waals surface area contributed by atoms with E-state index in [1.54, 1.807) is 0 Å². The van der Waals surface area contributed by atoms with E-state index in [2.05, 4.69) is 21.2 Å². The minimum absolute atomic E-state index is 0.0693. The molecule has 1 atom stereocenters. The average Bonchev–Trinajstić information content (AvgIpc) is 2.32. The Hall–Kier alpha value is -1.56. The molecule has 0 aliphatic heterocycles. The van der Waals surface area contributed by atoms with E-state index < -0.39 is 17.4 Å². The molecule has 3 N–H and O–H groups in total. The van der Waals surface area contributed by atoms with Crippen LogP contribution in [0.5, 0.6) is 5.75 Å². The summed E-state index contributed by atoms with van der Waals surface area (Å²) in [5.74, 6) is -1.68. The van der Waals surface area contributed by atoms with E-state index in [1.807, 2.05) is 6.92 Å². The van der Waals surface area contributed by atoms with E-state index in [0.29, 0.717) is 17.3 Å². The summed E-state index contributed by atoms with van der Waals surface area (Å²) in [6, 6.07) is 4.32. The predicted octanol–water partition coefficient (Wildman–Crippen LogP) is 2.53. The Morgan fingerprint density at radius 2 is 2.05 bits per heavy atom. The Balaban J connectivity index is 2.94. The number of amides is 1. The maximum absolute atomic E-state index is 12.0. The molecular formula is C13H16BrNO4. The zero-order valence-corrected chi connectivity index (χ0v) is 12.3. The molecule has 0 aliphatic rings. The monoisotopic (exact) mass is 329 g/mol. The lowest BCUT2D eigenvalue weighted by molar-refractivity contribution is -0.144. The summed E-state index contributed by atoms with van der Waals surface area (Å²) >= 11 is 3.11. The van der Waals surface area contributed by atoms with E-state index in [4.69, 9.17) is 0 Å². The number of carboxylic acids is 1. The number of aromatic hydroxyl groups is 1. The molecular weight excluding hydrogens is 314 g/mol. The third-order valence-corrected chi connectivity index (χ3v) is 3.49. The van der Waals surface area contributed by atoms with Crippen LogP contribution in [0.4, 0.5) is 0 Å². The van der Waals surface area contributed by atoms with Crippen molar-refractivity contribution < 1.29 is 19.8 Å². The van der Waals surface area contributed by atoms with Crippen LogP contribution in [0.15, 0.2) is 22.7 Å². The van der Waals surface area contributed by atoms with Gasteiger partial charge in [-0.3, -0.25) is 4.79 Å². The fourth-order valence-corrected chi connectivity index (χ4v) is 1.95. The molecule has 19 heavy (non-hydrogen) atoms. The van der Waals surface area contributed by atoms with Crippen molar-refractivity contribution in [3.05, 3.63) is 28.2 Å². The zero-order valence-electron chi connectivity index (χ0n) is 10.7. The number of phenolic OH excluding ortho intramolecular Hbond substituents is 1. The molecule has 1 rings (SSSR count). The molecule has 0 spiro atoms. The van der Waals surface area contributed by atoms with Crippen LogP contribution in [0.25, 0.3) is 0 Å². The Kier molecular flexibility index (Phi) is 4.94. The van der Waals surface area contributed by atoms with Gasteiger partial charge in [0.1, 0.15) is 11.3 Å². The second kappa shape index (κ2) is 6.06. The number of rotatable bonds is 5. The molecule has 0 saturated carbocycles. The highest BCUT2D eigenvalue weighted by molar-refractivity contribution is 9.10. The fraction of sp³-hybridized carbons (Fsp3) is 0.385. The Bertz CT molecular complexity index is 503. The van der Waals surface area contributed by atoms with Gasteiger partial charge in [0.05, 0.1) is 4.47 Å². The number of nitrogens with one attached hydrogen (secondary N) is 1. The summed E-state index contributed by atoms with van der Waals surface area (Å²) in [6.07, 6.45) is 0.964. The third-order valence-electron chi connectivity index (χ3n) is 2.82. The van der Waals surface area contributed by atoms with Crippen LogP contribution in [-0.2, 0) is 4.79 Å². The van der Waals surface area contributed by atoms with Crippen molar-refractivity contribution >= 4 is 27.8 Å². The first-order valence-corrected chi connectivity index (χ1v) is 6.64. The van der Waals surface area contributed by atoms with E-state index in [-0.39, 0.29) is 11.3 Å². The topological polar surface area (TPSA) is 86.6 Å². The number of carbonyl (C=O) groups excluding carboxylic acids is 1. The van der Waals surface area contributed by atoms with Crippen molar-refractivity contribution in [2.45, 2.75) is 32.2 Å². The Labute approximate surface area is 119 Å². The first-order valence-electron chi connectivity index (χ1n) is 5.84. The van der Waals surface area contributed by atoms with E-state index in [1.165, 1.54) is 25.1 Å². The number of hydrogen-bond acceptors (Lipinski definition) is 3. The van der Waals surface area contributed by atoms with Gasteiger partial charge in [-0.05, 0) is 47.5 Å². The van der Waals surface area contributed by atoms with Gasteiger partial charge in [-0.2, -0.15) is 0 Å². The number of hydrogen-bond donors (Lipinski definition) is 3. The van der Waals surface area contributed by atoms with E-state index in [0.717, 1.165) is 0 Å². The van der Waals surface area contributed by atoms with Crippen LogP contribution in [0.1, 0.15) is 37.0 Å². The summed E-state index contributed by atoms with van der Waals surface area (Å²) in [4.78, 5) is 23.2. The second-order valence-electron chi connectivity index (χ2n) is 4.51. The minimum atomic E-state index is -1.31. The fourth-order valence-electron chi connectivity index (χ4n) is 1.70. The number of benzene rings is 1. The van der Waals surface area contributed by atoms with Crippen molar-refractivity contribution in [3.63, 3.8) is 0 Å². The minimum Gasteiger partial charge on any atom is -0.507 e. The van der Waals surface area contributed by atoms with Crippen LogP contribution in [-0.4, -0.2) is 27.6 Å². The molecule has 6 heteroatoms. The maximum atomic E-state index is 12.0. The number of phenols is 1. The second-order valence-corrected chi connectivity index (χ2v) is 5.36. The van der Waals surface area contributed by atoms with Crippen LogP contribution in [0.3, 0.4) is 0 Å². The molecule has 104 valence electrons. The summed E-state index contributed by atoms with van der Waals surface area (Å²) in [6.45, 7) is 3.31. The molecule has 1 aromatic rings. The quantitative estimate of drug-likeness (QED) is 0.774. The van der Waals surface area contributed by atoms with Gasteiger partial charge in [-0.15, -0.1) is 0 Å². The van der Waals surface area contributed by atoms with Gasteiger partial charge in [0.15, 0.2) is 0 Å². The summed E-state index contributed by atoms with van der Waals surface area (Å²) in [5, 5.41) is 21.2. The summed E-state index contributed by atoms with van der Waals surface area (Å²) in [5.41, 5.74) is -1.10. The van der Waals surface area contributed by atoms with Crippen LogP contribution in [0, 0.1) is 0 Å². The van der Waals surface area contributed by atoms with E-state index >= 15 is 0 Å². The molecule has 0 radical (unpaired) electrons. The van der Waals surface area contributed by atoms with Crippen LogP contribution >= 0.6 is 15.9 Å². The molecule has 1 unspecified atom stereocenters. The summed E-state index contributed by atoms with van der Waals surface area (Å²) in [7, 11) is 0. The molecule has 1 aromatic carbocycles. The average molecular weight is 330 g/mol. The van der Waals surface area contributed by atoms with Crippen molar-refractivity contribution in [2.24, 2.45) is 0 Å². The van der Waals surface area contributed by atoms with Crippen molar-refractivity contribution in [1.82, 2.24) is 5.32 Å². The first kappa shape index (κ1) is 15.5. The highest BCUT2D eigenvalue weighted by Crippen LogP contribution is 2.24. The summed E-state index contributed by atoms with van der Waals surface area (Å²) < 4.78 is 0.471. The van der Waals surface area contributed by atoms with Gasteiger partial charge in [0.25, 0.3) is 5.91 Å². The number of aliphatic carboxylic acids is 1. The standard InChI is InChI=1S/C13H16BrNO4/c1-3-6-13(2,12(18)19)15-11(17)8-4-5-9(14)10(16)7-8/h4-5,7,16H,3,6H2,1-2H3,(H,15,17)(H,18,19). The van der Waals surface area contributed by atoms with Crippen LogP contribution < -0.4 is 5.32 Å². The Morgan fingerprint density at radius 1 is 1.42 bits per heavy atom.